The van der Waals surface area contributed by atoms with Crippen LogP contribution < -0.4 is 10.6 Å². The lowest BCUT2D eigenvalue weighted by Crippen LogP contribution is -2.45. The Labute approximate surface area is 156 Å². The quantitative estimate of drug-likeness (QED) is 0.535. The third-order valence-corrected chi connectivity index (χ3v) is 5.93. The van der Waals surface area contributed by atoms with E-state index in [-0.39, 0.29) is 23.0 Å². The normalized spacial score (nSPS) is 18.1. The highest BCUT2D eigenvalue weighted by Crippen LogP contribution is 2.44. The highest BCUT2D eigenvalue weighted by Gasteiger charge is 2.38. The SMILES string of the molecule is CCNC(=NCC1(c2ccc(F)cc2)CCC1)NC(C)CCS(C)(=O)=O. The summed E-state index contributed by atoms with van der Waals surface area (Å²) in [5.41, 5.74) is 1.11. The van der Waals surface area contributed by atoms with E-state index in [0.717, 1.165) is 31.4 Å². The zero-order valence-corrected chi connectivity index (χ0v) is 16.7. The molecule has 146 valence electrons. The fraction of sp³-hybridized carbons (Fsp3) is 0.632. The molecular formula is C19H30FN3O2S. The zero-order valence-electron chi connectivity index (χ0n) is 15.9. The molecule has 0 bridgehead atoms. The number of halogens is 1. The van der Waals surface area contributed by atoms with Crippen molar-refractivity contribution in [2.75, 3.05) is 25.1 Å². The van der Waals surface area contributed by atoms with Crippen LogP contribution in [0.15, 0.2) is 29.3 Å². The molecule has 0 amide bonds. The number of nitrogens with one attached hydrogen (secondary N) is 2. The summed E-state index contributed by atoms with van der Waals surface area (Å²) in [7, 11) is -2.97. The van der Waals surface area contributed by atoms with Crippen LogP contribution in [0.25, 0.3) is 0 Å². The van der Waals surface area contributed by atoms with Crippen molar-refractivity contribution in [3.63, 3.8) is 0 Å². The number of guanidine groups is 1. The first-order chi connectivity index (χ1) is 12.2. The summed E-state index contributed by atoms with van der Waals surface area (Å²) in [5, 5.41) is 6.51. The number of hydrogen-bond acceptors (Lipinski definition) is 3. The van der Waals surface area contributed by atoms with Gasteiger partial charge in [-0.15, -0.1) is 0 Å². The third kappa shape index (κ3) is 5.97. The molecule has 2 N–H and O–H groups in total. The molecule has 1 aliphatic rings. The third-order valence-electron chi connectivity index (χ3n) is 4.96. The van der Waals surface area contributed by atoms with Gasteiger partial charge in [0.15, 0.2) is 5.96 Å². The van der Waals surface area contributed by atoms with Crippen molar-refractivity contribution >= 4 is 15.8 Å². The molecular weight excluding hydrogens is 353 g/mol. The molecule has 26 heavy (non-hydrogen) atoms. The Bertz CT molecular complexity index is 713. The van der Waals surface area contributed by atoms with E-state index in [4.69, 9.17) is 4.99 Å². The van der Waals surface area contributed by atoms with Gasteiger partial charge in [0.2, 0.25) is 0 Å². The monoisotopic (exact) mass is 383 g/mol. The van der Waals surface area contributed by atoms with Crippen molar-refractivity contribution in [2.45, 2.75) is 51.0 Å². The standard InChI is InChI=1S/C19H30FN3O2S/c1-4-21-18(23-15(2)10-13-26(3,24)25)22-14-19(11-5-12-19)16-6-8-17(20)9-7-16/h6-9,15H,4-5,10-14H2,1-3H3,(H2,21,22,23). The fourth-order valence-electron chi connectivity index (χ4n) is 3.19. The Morgan fingerprint density at radius 2 is 1.96 bits per heavy atom. The van der Waals surface area contributed by atoms with Gasteiger partial charge >= 0.3 is 0 Å². The van der Waals surface area contributed by atoms with Crippen molar-refractivity contribution in [1.82, 2.24) is 10.6 Å². The second kappa shape index (κ2) is 8.84. The lowest BCUT2D eigenvalue weighted by Gasteiger charge is -2.41. The molecule has 7 heteroatoms. The van der Waals surface area contributed by atoms with Gasteiger partial charge in [0.1, 0.15) is 15.7 Å². The number of sulfone groups is 1. The van der Waals surface area contributed by atoms with Gasteiger partial charge < -0.3 is 10.6 Å². The molecule has 1 unspecified atom stereocenters. The molecule has 1 aromatic carbocycles. The zero-order chi connectivity index (χ0) is 19.2. The molecule has 0 saturated heterocycles. The van der Waals surface area contributed by atoms with Gasteiger partial charge in [0.05, 0.1) is 12.3 Å². The summed E-state index contributed by atoms with van der Waals surface area (Å²) >= 11 is 0. The minimum atomic E-state index is -2.97. The van der Waals surface area contributed by atoms with Gasteiger partial charge in [-0.1, -0.05) is 18.6 Å². The Morgan fingerprint density at radius 3 is 2.46 bits per heavy atom. The molecule has 1 saturated carbocycles. The van der Waals surface area contributed by atoms with Gasteiger partial charge in [0.25, 0.3) is 0 Å². The van der Waals surface area contributed by atoms with Gasteiger partial charge in [0, 0.05) is 24.3 Å². The summed E-state index contributed by atoms with van der Waals surface area (Å²) in [4.78, 5) is 4.74. The lowest BCUT2D eigenvalue weighted by molar-refractivity contribution is 0.253. The first kappa shape index (κ1) is 20.7. The van der Waals surface area contributed by atoms with E-state index in [1.807, 2.05) is 26.0 Å². The van der Waals surface area contributed by atoms with Crippen molar-refractivity contribution in [3.8, 4) is 0 Å². The molecule has 0 radical (unpaired) electrons. The molecule has 0 aromatic heterocycles. The predicted octanol–water partition coefficient (Wildman–Crippen LogP) is 2.63. The van der Waals surface area contributed by atoms with Gasteiger partial charge in [-0.3, -0.25) is 4.99 Å². The number of nitrogens with zero attached hydrogens (tertiary/aromatic N) is 1. The van der Waals surface area contributed by atoms with Crippen molar-refractivity contribution < 1.29 is 12.8 Å². The van der Waals surface area contributed by atoms with E-state index in [9.17, 15) is 12.8 Å². The van der Waals surface area contributed by atoms with Crippen LogP contribution in [0.1, 0.15) is 45.1 Å². The molecule has 2 rings (SSSR count). The Morgan fingerprint density at radius 1 is 1.31 bits per heavy atom. The van der Waals surface area contributed by atoms with E-state index in [2.05, 4.69) is 10.6 Å². The summed E-state index contributed by atoms with van der Waals surface area (Å²) in [6.45, 7) is 5.32. The molecule has 1 aliphatic carbocycles. The molecule has 5 nitrogen and oxygen atoms in total. The van der Waals surface area contributed by atoms with E-state index >= 15 is 0 Å². The first-order valence-corrected chi connectivity index (χ1v) is 11.3. The van der Waals surface area contributed by atoms with E-state index in [1.54, 1.807) is 0 Å². The van der Waals surface area contributed by atoms with Crippen LogP contribution in [-0.2, 0) is 15.3 Å². The van der Waals surface area contributed by atoms with Gasteiger partial charge in [-0.2, -0.15) is 0 Å². The minimum absolute atomic E-state index is 0.00527. The van der Waals surface area contributed by atoms with Crippen LogP contribution in [0.2, 0.25) is 0 Å². The van der Waals surface area contributed by atoms with Crippen molar-refractivity contribution in [1.29, 1.82) is 0 Å². The van der Waals surface area contributed by atoms with E-state index in [1.165, 1.54) is 18.4 Å². The summed E-state index contributed by atoms with van der Waals surface area (Å²) < 4.78 is 35.9. The minimum Gasteiger partial charge on any atom is -0.357 e. The fourth-order valence-corrected chi connectivity index (χ4v) is 3.97. The van der Waals surface area contributed by atoms with Gasteiger partial charge in [-0.25, -0.2) is 12.8 Å². The molecule has 1 fully saturated rings. The summed E-state index contributed by atoms with van der Waals surface area (Å²) in [5.74, 6) is 0.628. The molecule has 1 atom stereocenters. The number of benzene rings is 1. The van der Waals surface area contributed by atoms with E-state index in [0.29, 0.717) is 18.9 Å². The maximum Gasteiger partial charge on any atom is 0.191 e. The van der Waals surface area contributed by atoms with Crippen molar-refractivity contribution in [2.24, 2.45) is 4.99 Å². The molecule has 0 aliphatic heterocycles. The topological polar surface area (TPSA) is 70.6 Å². The maximum absolute atomic E-state index is 13.2. The largest absolute Gasteiger partial charge is 0.357 e. The average Bonchev–Trinajstić information content (AvgIpc) is 2.53. The van der Waals surface area contributed by atoms with Crippen LogP contribution in [0.3, 0.4) is 0 Å². The first-order valence-electron chi connectivity index (χ1n) is 9.23. The Balaban J connectivity index is 2.03. The number of rotatable bonds is 8. The Hall–Kier alpha value is -1.63. The highest BCUT2D eigenvalue weighted by atomic mass is 32.2. The van der Waals surface area contributed by atoms with Crippen LogP contribution in [-0.4, -0.2) is 45.5 Å². The highest BCUT2D eigenvalue weighted by molar-refractivity contribution is 7.90. The summed E-state index contributed by atoms with van der Waals surface area (Å²) in [6, 6.07) is 6.75. The van der Waals surface area contributed by atoms with Crippen LogP contribution in [0.4, 0.5) is 4.39 Å². The molecule has 1 aromatic rings. The summed E-state index contributed by atoms with van der Waals surface area (Å²) in [6.07, 6.45) is 5.03. The smallest absolute Gasteiger partial charge is 0.191 e. The van der Waals surface area contributed by atoms with Gasteiger partial charge in [-0.05, 0) is 50.8 Å². The Kier molecular flexibility index (Phi) is 7.03. The predicted molar refractivity (Wildman–Crippen MR) is 105 cm³/mol. The maximum atomic E-state index is 13.2. The second-order valence-electron chi connectivity index (χ2n) is 7.30. The lowest BCUT2D eigenvalue weighted by atomic mass is 9.64. The molecule has 0 spiro atoms. The van der Waals surface area contributed by atoms with Crippen LogP contribution in [0.5, 0.6) is 0 Å². The van der Waals surface area contributed by atoms with E-state index < -0.39 is 9.84 Å². The average molecular weight is 384 g/mol. The van der Waals surface area contributed by atoms with Crippen LogP contribution in [0, 0.1) is 5.82 Å². The van der Waals surface area contributed by atoms with Crippen LogP contribution >= 0.6 is 0 Å². The number of hydrogen-bond donors (Lipinski definition) is 2. The molecule has 0 heterocycles. The number of aliphatic imine (C=N–C) groups is 1. The van der Waals surface area contributed by atoms with Crippen molar-refractivity contribution in [3.05, 3.63) is 35.6 Å². The second-order valence-corrected chi connectivity index (χ2v) is 9.56.